The molecule has 0 radical (unpaired) electrons. The molecule has 0 bridgehead atoms. The summed E-state index contributed by atoms with van der Waals surface area (Å²) in [4.78, 5) is 26.2. The second-order valence-electron chi connectivity index (χ2n) is 1.59. The van der Waals surface area contributed by atoms with Crippen LogP contribution in [-0.4, -0.2) is 18.1 Å². The van der Waals surface area contributed by atoms with Crippen LogP contribution in [-0.2, 0) is 34.0 Å². The maximum Gasteiger partial charge on any atom is 0.265 e. The van der Waals surface area contributed by atoms with Gasteiger partial charge < -0.3 is 19.2 Å². The molecule has 1 N–H and O–H groups in total. The van der Waals surface area contributed by atoms with Crippen LogP contribution < -0.4 is 4.89 Å². The Hall–Kier alpha value is -0.510. The van der Waals surface area contributed by atoms with Crippen LogP contribution in [0.5, 0.6) is 0 Å². The Bertz CT molecular complexity index is 187. The maximum atomic E-state index is 9.98. The summed E-state index contributed by atoms with van der Waals surface area (Å²) in [5, 5.41) is 11.3. The van der Waals surface area contributed by atoms with Gasteiger partial charge in [-0.3, -0.25) is 4.57 Å². The summed E-state index contributed by atoms with van der Waals surface area (Å²) < 4.78 is 13.8. The van der Waals surface area contributed by atoms with E-state index in [-0.39, 0.29) is 6.61 Å². The van der Waals surface area contributed by atoms with Gasteiger partial charge in [0.2, 0.25) is 0 Å². The van der Waals surface area contributed by atoms with E-state index in [1.54, 1.807) is 0 Å². The molecule has 0 amide bonds. The van der Waals surface area contributed by atoms with Crippen molar-refractivity contribution in [2.75, 3.05) is 13.2 Å². The predicted molar refractivity (Wildman–Crippen MR) is 36.3 cm³/mol. The van der Waals surface area contributed by atoms with Crippen molar-refractivity contribution in [1.29, 1.82) is 0 Å². The van der Waals surface area contributed by atoms with Crippen LogP contribution in [0.2, 0.25) is 0 Å². The zero-order valence-electron chi connectivity index (χ0n) is 6.86. The molecule has 0 aromatic heterocycles. The molecule has 0 saturated heterocycles. The van der Waals surface area contributed by atoms with Gasteiger partial charge in [0.1, 0.15) is 12.9 Å². The quantitative estimate of drug-likeness (QED) is 0.181. The topological polar surface area (TPSA) is 116 Å². The number of hydrogen-bond donors (Lipinski definition) is 1. The summed E-state index contributed by atoms with van der Waals surface area (Å²) >= 11 is 0. The number of phosphoric acid groups is 1. The minimum atomic E-state index is -4.73. The van der Waals surface area contributed by atoms with Crippen LogP contribution in [0, 0.1) is 0 Å². The average molecular weight is 231 g/mol. The highest BCUT2D eigenvalue weighted by molar-refractivity contribution is 7.44. The average Bonchev–Trinajstić information content (AvgIpc) is 2.08. The Morgan fingerprint density at radius 2 is 2.07 bits per heavy atom. The molecule has 9 nitrogen and oxygen atoms in total. The minimum Gasteiger partial charge on any atom is -0.756 e. The third-order valence-electron chi connectivity index (χ3n) is 0.632. The van der Waals surface area contributed by atoms with E-state index in [9.17, 15) is 9.46 Å². The normalized spacial score (nSPS) is 14.7. The second kappa shape index (κ2) is 7.85. The molecule has 0 aliphatic carbocycles. The largest absolute Gasteiger partial charge is 0.756 e. The summed E-state index contributed by atoms with van der Waals surface area (Å²) in [6.07, 6.45) is 0.909. The molecule has 0 aliphatic rings. The van der Waals surface area contributed by atoms with Crippen LogP contribution in [0.15, 0.2) is 12.8 Å². The molecule has 0 spiro atoms. The zero-order valence-corrected chi connectivity index (χ0v) is 7.75. The summed E-state index contributed by atoms with van der Waals surface area (Å²) in [7, 11) is -4.73. The van der Waals surface area contributed by atoms with Gasteiger partial charge >= 0.3 is 0 Å². The Morgan fingerprint density at radius 3 is 2.64 bits per heavy atom. The van der Waals surface area contributed by atoms with Crippen LogP contribution in [0.3, 0.4) is 0 Å². The molecule has 0 fully saturated rings. The van der Waals surface area contributed by atoms with Gasteiger partial charge in [0, 0.05) is 10.1 Å². The van der Waals surface area contributed by atoms with Crippen molar-refractivity contribution in [2.45, 2.75) is 0 Å². The lowest BCUT2D eigenvalue weighted by atomic mass is 10.8. The van der Waals surface area contributed by atoms with Crippen LogP contribution in [0.1, 0.15) is 0 Å². The number of rotatable bonds is 9. The first kappa shape index (κ1) is 13.5. The lowest BCUT2D eigenvalue weighted by Crippen LogP contribution is -2.09. The molecule has 0 saturated carbocycles. The van der Waals surface area contributed by atoms with Crippen LogP contribution >= 0.6 is 7.82 Å². The van der Waals surface area contributed by atoms with Gasteiger partial charge in [0.05, 0.1) is 6.61 Å². The van der Waals surface area contributed by atoms with Crippen molar-refractivity contribution in [3.8, 4) is 0 Å². The van der Waals surface area contributed by atoms with Crippen molar-refractivity contribution >= 4 is 7.82 Å². The van der Waals surface area contributed by atoms with Gasteiger partial charge in [0.15, 0.2) is 0 Å². The smallest absolute Gasteiger partial charge is 0.265 e. The molecule has 10 heteroatoms. The number of phosphoric ester groups is 1. The monoisotopic (exact) mass is 231 g/mol. The van der Waals surface area contributed by atoms with Gasteiger partial charge in [-0.15, -0.1) is 0 Å². The van der Waals surface area contributed by atoms with E-state index >= 15 is 0 Å². The molecule has 1 unspecified atom stereocenters. The Labute approximate surface area is 78.7 Å². The van der Waals surface area contributed by atoms with Gasteiger partial charge in [-0.05, 0) is 5.04 Å². The third kappa shape index (κ3) is 11.5. The van der Waals surface area contributed by atoms with E-state index in [1.165, 1.54) is 0 Å². The fourth-order valence-electron chi connectivity index (χ4n) is 0.295. The molecule has 0 aromatic carbocycles. The highest BCUT2D eigenvalue weighted by Gasteiger charge is 2.01. The highest BCUT2D eigenvalue weighted by atomic mass is 31.2. The molecule has 1 atom stereocenters. The first-order chi connectivity index (χ1) is 6.56. The minimum absolute atomic E-state index is 0.315. The Kier molecular flexibility index (Phi) is 7.57. The first-order valence-corrected chi connectivity index (χ1v) is 4.63. The molecule has 84 valence electrons. The fourth-order valence-corrected chi connectivity index (χ4v) is 0.601. The van der Waals surface area contributed by atoms with Crippen LogP contribution in [0.4, 0.5) is 0 Å². The highest BCUT2D eigenvalue weighted by Crippen LogP contribution is 2.29. The maximum absolute atomic E-state index is 9.98. The molecular weight excluding hydrogens is 223 g/mol. The summed E-state index contributed by atoms with van der Waals surface area (Å²) in [6.45, 7) is 2.34. The molecule has 0 heterocycles. The van der Waals surface area contributed by atoms with Gasteiger partial charge in [0.25, 0.3) is 7.82 Å². The van der Waals surface area contributed by atoms with Gasteiger partial charge in [-0.25, -0.2) is 4.89 Å². The van der Waals surface area contributed by atoms with Crippen molar-refractivity contribution in [2.24, 2.45) is 0 Å². The molecule has 0 rings (SSSR count). The van der Waals surface area contributed by atoms with Gasteiger partial charge in [-0.1, -0.05) is 6.58 Å². The zero-order chi connectivity index (χ0) is 10.9. The fraction of sp³-hybridized carbons (Fsp3) is 0.500. The van der Waals surface area contributed by atoms with E-state index in [0.717, 1.165) is 6.26 Å². The summed E-state index contributed by atoms with van der Waals surface area (Å²) in [6, 6.07) is 0. The van der Waals surface area contributed by atoms with E-state index in [4.69, 9.17) is 4.89 Å². The van der Waals surface area contributed by atoms with E-state index < -0.39 is 14.4 Å². The lowest BCUT2D eigenvalue weighted by molar-refractivity contribution is -0.700. The molecule has 0 aliphatic heterocycles. The predicted octanol–water partition coefficient (Wildman–Crippen LogP) is -0.650. The van der Waals surface area contributed by atoms with Crippen molar-refractivity contribution < 1.29 is 43.8 Å². The van der Waals surface area contributed by atoms with Crippen molar-refractivity contribution in [3.63, 3.8) is 0 Å². The molecular formula is C4H8O9P-. The third-order valence-corrected chi connectivity index (χ3v) is 1.14. The SMILES string of the molecule is C=COOOOOCCOP(=O)([O-])O. The summed E-state index contributed by atoms with van der Waals surface area (Å²) in [5.74, 6) is 0. The first-order valence-electron chi connectivity index (χ1n) is 3.14. The summed E-state index contributed by atoms with van der Waals surface area (Å²) in [5.41, 5.74) is 0. The van der Waals surface area contributed by atoms with Gasteiger partial charge in [-0.2, -0.15) is 0 Å². The van der Waals surface area contributed by atoms with E-state index in [2.05, 4.69) is 36.0 Å². The van der Waals surface area contributed by atoms with Crippen molar-refractivity contribution in [1.82, 2.24) is 0 Å². The van der Waals surface area contributed by atoms with E-state index in [1.807, 2.05) is 0 Å². The van der Waals surface area contributed by atoms with Crippen LogP contribution in [0.25, 0.3) is 0 Å². The molecule has 0 aromatic rings. The number of hydrogen-bond acceptors (Lipinski definition) is 8. The standard InChI is InChI=1S/C4H9O9P/c1-2-8-11-13-12-9-3-4-10-14(5,6)7/h2H,1,3-4H2,(H2,5,6,7)/p-1. The van der Waals surface area contributed by atoms with Crippen molar-refractivity contribution in [3.05, 3.63) is 12.8 Å². The van der Waals surface area contributed by atoms with E-state index in [0.29, 0.717) is 0 Å². The lowest BCUT2D eigenvalue weighted by Gasteiger charge is -2.14. The molecule has 14 heavy (non-hydrogen) atoms. The second-order valence-corrected chi connectivity index (χ2v) is 2.79. The Balaban J connectivity index is 3.07. The Morgan fingerprint density at radius 1 is 1.36 bits per heavy atom.